The van der Waals surface area contributed by atoms with E-state index in [0.29, 0.717) is 35.9 Å². The van der Waals surface area contributed by atoms with Gasteiger partial charge < -0.3 is 9.64 Å². The first kappa shape index (κ1) is 16.9. The SMILES string of the molecule is CN(CCC#N)C(=O)c1ccccc1OCc1ccc(Cl)cc1. The summed E-state index contributed by atoms with van der Waals surface area (Å²) in [7, 11) is 1.68. The van der Waals surface area contributed by atoms with Crippen molar-refractivity contribution in [3.8, 4) is 11.8 Å². The summed E-state index contributed by atoms with van der Waals surface area (Å²) < 4.78 is 5.78. The standard InChI is InChI=1S/C18H17ClN2O2/c1-21(12-4-11-20)18(22)16-5-2-3-6-17(16)23-13-14-7-9-15(19)10-8-14/h2-3,5-10H,4,12-13H2,1H3. The second-order valence-corrected chi connectivity index (χ2v) is 5.48. The van der Waals surface area contributed by atoms with E-state index in [-0.39, 0.29) is 5.91 Å². The highest BCUT2D eigenvalue weighted by Crippen LogP contribution is 2.21. The van der Waals surface area contributed by atoms with Crippen LogP contribution in [-0.2, 0) is 6.61 Å². The molecule has 0 bridgehead atoms. The molecule has 2 aromatic rings. The Morgan fingerprint density at radius 3 is 2.61 bits per heavy atom. The average Bonchev–Trinajstić information content (AvgIpc) is 2.58. The molecule has 118 valence electrons. The number of carbonyl (C=O) groups is 1. The zero-order chi connectivity index (χ0) is 16.7. The van der Waals surface area contributed by atoms with Crippen molar-refractivity contribution in [2.75, 3.05) is 13.6 Å². The highest BCUT2D eigenvalue weighted by molar-refractivity contribution is 6.30. The molecule has 1 amide bonds. The van der Waals surface area contributed by atoms with E-state index >= 15 is 0 Å². The third kappa shape index (κ3) is 4.73. The van der Waals surface area contributed by atoms with Crippen molar-refractivity contribution in [1.82, 2.24) is 4.90 Å². The lowest BCUT2D eigenvalue weighted by Crippen LogP contribution is -2.28. The zero-order valence-corrected chi connectivity index (χ0v) is 13.6. The third-order valence-corrected chi connectivity index (χ3v) is 3.58. The molecule has 0 aliphatic rings. The van der Waals surface area contributed by atoms with Gasteiger partial charge in [0.1, 0.15) is 12.4 Å². The van der Waals surface area contributed by atoms with E-state index < -0.39 is 0 Å². The van der Waals surface area contributed by atoms with Gasteiger partial charge in [0.2, 0.25) is 0 Å². The summed E-state index contributed by atoms with van der Waals surface area (Å²) in [6, 6.07) is 16.5. The highest BCUT2D eigenvalue weighted by Gasteiger charge is 2.16. The fourth-order valence-corrected chi connectivity index (χ4v) is 2.16. The summed E-state index contributed by atoms with van der Waals surface area (Å²) in [5.41, 5.74) is 1.45. The van der Waals surface area contributed by atoms with Crippen LogP contribution in [0.5, 0.6) is 5.75 Å². The number of nitriles is 1. The maximum absolute atomic E-state index is 12.4. The van der Waals surface area contributed by atoms with Crippen LogP contribution >= 0.6 is 11.6 Å². The van der Waals surface area contributed by atoms with Crippen LogP contribution in [-0.4, -0.2) is 24.4 Å². The van der Waals surface area contributed by atoms with Gasteiger partial charge in [0.15, 0.2) is 0 Å². The van der Waals surface area contributed by atoms with Crippen LogP contribution in [0, 0.1) is 11.3 Å². The topological polar surface area (TPSA) is 53.3 Å². The smallest absolute Gasteiger partial charge is 0.257 e. The number of ether oxygens (including phenoxy) is 1. The minimum absolute atomic E-state index is 0.160. The molecule has 0 aliphatic heterocycles. The summed E-state index contributed by atoms with van der Waals surface area (Å²) in [6.45, 7) is 0.740. The monoisotopic (exact) mass is 328 g/mol. The normalized spacial score (nSPS) is 9.96. The van der Waals surface area contributed by atoms with Crippen LogP contribution in [0.4, 0.5) is 0 Å². The van der Waals surface area contributed by atoms with Gasteiger partial charge in [-0.1, -0.05) is 35.9 Å². The molecular formula is C18H17ClN2O2. The minimum atomic E-state index is -0.160. The molecule has 0 aromatic heterocycles. The second kappa shape index (κ2) is 8.21. The Bertz CT molecular complexity index is 708. The largest absolute Gasteiger partial charge is 0.488 e. The van der Waals surface area contributed by atoms with E-state index in [9.17, 15) is 4.79 Å². The molecule has 4 nitrogen and oxygen atoms in total. The number of halogens is 1. The number of amides is 1. The molecule has 0 radical (unpaired) electrons. The van der Waals surface area contributed by atoms with Crippen LogP contribution in [0.1, 0.15) is 22.3 Å². The van der Waals surface area contributed by atoms with Gasteiger partial charge in [-0.3, -0.25) is 4.79 Å². The van der Waals surface area contributed by atoms with Crippen LogP contribution in [0.25, 0.3) is 0 Å². The van der Waals surface area contributed by atoms with Gasteiger partial charge in [0, 0.05) is 18.6 Å². The molecule has 23 heavy (non-hydrogen) atoms. The Hall–Kier alpha value is -2.51. The van der Waals surface area contributed by atoms with E-state index in [1.54, 1.807) is 37.4 Å². The predicted octanol–water partition coefficient (Wildman–Crippen LogP) is 3.90. The Kier molecular flexibility index (Phi) is 6.02. The molecule has 0 N–H and O–H groups in total. The van der Waals surface area contributed by atoms with Crippen molar-refractivity contribution in [1.29, 1.82) is 5.26 Å². The zero-order valence-electron chi connectivity index (χ0n) is 12.8. The van der Waals surface area contributed by atoms with Gasteiger partial charge in [0.05, 0.1) is 18.1 Å². The average molecular weight is 329 g/mol. The third-order valence-electron chi connectivity index (χ3n) is 3.33. The van der Waals surface area contributed by atoms with E-state index in [1.165, 1.54) is 4.90 Å². The number of hydrogen-bond acceptors (Lipinski definition) is 3. The van der Waals surface area contributed by atoms with E-state index in [1.807, 2.05) is 24.3 Å². The quantitative estimate of drug-likeness (QED) is 0.808. The number of nitrogens with zero attached hydrogens (tertiary/aromatic N) is 2. The van der Waals surface area contributed by atoms with Crippen LogP contribution < -0.4 is 4.74 Å². The Morgan fingerprint density at radius 1 is 1.22 bits per heavy atom. The Labute approximate surface area is 140 Å². The van der Waals surface area contributed by atoms with E-state index in [0.717, 1.165) is 5.56 Å². The number of carbonyl (C=O) groups excluding carboxylic acids is 1. The summed E-state index contributed by atoms with van der Waals surface area (Å²) >= 11 is 5.86. The van der Waals surface area contributed by atoms with Gasteiger partial charge in [-0.05, 0) is 29.8 Å². The van der Waals surface area contributed by atoms with Gasteiger partial charge in [0.25, 0.3) is 5.91 Å². The van der Waals surface area contributed by atoms with Gasteiger partial charge in [-0.25, -0.2) is 0 Å². The molecule has 0 saturated heterocycles. The van der Waals surface area contributed by atoms with Crippen LogP contribution in [0.15, 0.2) is 48.5 Å². The molecule has 0 atom stereocenters. The van der Waals surface area contributed by atoms with Gasteiger partial charge in [-0.2, -0.15) is 5.26 Å². The maximum atomic E-state index is 12.4. The lowest BCUT2D eigenvalue weighted by atomic mass is 10.1. The fourth-order valence-electron chi connectivity index (χ4n) is 2.04. The first-order valence-electron chi connectivity index (χ1n) is 7.20. The molecule has 0 aliphatic carbocycles. The molecule has 0 unspecified atom stereocenters. The summed E-state index contributed by atoms with van der Waals surface area (Å²) in [5, 5.41) is 9.30. The molecule has 5 heteroatoms. The first-order valence-corrected chi connectivity index (χ1v) is 7.58. The van der Waals surface area contributed by atoms with Crippen molar-refractivity contribution in [3.63, 3.8) is 0 Å². The predicted molar refractivity (Wildman–Crippen MR) is 89.4 cm³/mol. The summed E-state index contributed by atoms with van der Waals surface area (Å²) in [5.74, 6) is 0.364. The van der Waals surface area contributed by atoms with Crippen molar-refractivity contribution < 1.29 is 9.53 Å². The van der Waals surface area contributed by atoms with Crippen molar-refractivity contribution in [2.24, 2.45) is 0 Å². The van der Waals surface area contributed by atoms with E-state index in [4.69, 9.17) is 21.6 Å². The summed E-state index contributed by atoms with van der Waals surface area (Å²) in [6.07, 6.45) is 0.302. The van der Waals surface area contributed by atoms with Crippen molar-refractivity contribution in [2.45, 2.75) is 13.0 Å². The van der Waals surface area contributed by atoms with Crippen molar-refractivity contribution >= 4 is 17.5 Å². The number of benzene rings is 2. The first-order chi connectivity index (χ1) is 11.1. The van der Waals surface area contributed by atoms with E-state index in [2.05, 4.69) is 0 Å². The van der Waals surface area contributed by atoms with Crippen molar-refractivity contribution in [3.05, 3.63) is 64.7 Å². The lowest BCUT2D eigenvalue weighted by molar-refractivity contribution is 0.0793. The van der Waals surface area contributed by atoms with Gasteiger partial charge >= 0.3 is 0 Å². The number of rotatable bonds is 6. The van der Waals surface area contributed by atoms with Crippen LogP contribution in [0.3, 0.4) is 0 Å². The molecule has 0 fully saturated rings. The minimum Gasteiger partial charge on any atom is -0.488 e. The highest BCUT2D eigenvalue weighted by atomic mass is 35.5. The molecule has 0 spiro atoms. The lowest BCUT2D eigenvalue weighted by Gasteiger charge is -2.18. The number of hydrogen-bond donors (Lipinski definition) is 0. The van der Waals surface area contributed by atoms with Gasteiger partial charge in [-0.15, -0.1) is 0 Å². The maximum Gasteiger partial charge on any atom is 0.257 e. The second-order valence-electron chi connectivity index (χ2n) is 5.05. The molecule has 2 rings (SSSR count). The molecule has 0 heterocycles. The Balaban J connectivity index is 2.09. The molecule has 0 saturated carbocycles. The van der Waals surface area contributed by atoms with Crippen LogP contribution in [0.2, 0.25) is 5.02 Å². The summed E-state index contributed by atoms with van der Waals surface area (Å²) in [4.78, 5) is 14.0. The molecular weight excluding hydrogens is 312 g/mol. The fraction of sp³-hybridized carbons (Fsp3) is 0.222. The Morgan fingerprint density at radius 2 is 1.91 bits per heavy atom. The molecule has 2 aromatic carbocycles. The number of para-hydroxylation sites is 1.